The van der Waals surface area contributed by atoms with Gasteiger partial charge < -0.3 is 4.98 Å². The molecule has 0 radical (unpaired) electrons. The third kappa shape index (κ3) is 3.35. The molecule has 0 aliphatic carbocycles. The molecule has 0 amide bonds. The lowest BCUT2D eigenvalue weighted by molar-refractivity contribution is 0.238. The van der Waals surface area contributed by atoms with Crippen LogP contribution in [0.3, 0.4) is 0 Å². The predicted molar refractivity (Wildman–Crippen MR) is 100 cm³/mol. The molecule has 3 heterocycles. The number of aromatic nitrogens is 3. The number of benzene rings is 1. The first-order valence-electron chi connectivity index (χ1n) is 8.88. The minimum absolute atomic E-state index is 0.826. The quantitative estimate of drug-likeness (QED) is 0.790. The van der Waals surface area contributed by atoms with E-state index in [1.54, 1.807) is 0 Å². The highest BCUT2D eigenvalue weighted by atomic mass is 15.1. The van der Waals surface area contributed by atoms with Crippen LogP contribution in [0.2, 0.25) is 0 Å². The molecule has 25 heavy (non-hydrogen) atoms. The van der Waals surface area contributed by atoms with Crippen LogP contribution in [0.1, 0.15) is 33.8 Å². The molecule has 0 unspecified atom stereocenters. The van der Waals surface area contributed by atoms with Gasteiger partial charge in [-0.05, 0) is 44.4 Å². The average Bonchev–Trinajstić information content (AvgIpc) is 2.92. The molecule has 4 heteroatoms. The maximum absolute atomic E-state index is 4.87. The molecule has 4 nitrogen and oxygen atoms in total. The molecular weight excluding hydrogens is 308 g/mol. The Kier molecular flexibility index (Phi) is 4.14. The minimum atomic E-state index is 0.826. The van der Waals surface area contributed by atoms with E-state index in [9.17, 15) is 0 Å². The van der Waals surface area contributed by atoms with E-state index in [2.05, 4.69) is 66.0 Å². The van der Waals surface area contributed by atoms with Gasteiger partial charge in [0.1, 0.15) is 0 Å². The van der Waals surface area contributed by atoms with E-state index in [-0.39, 0.29) is 0 Å². The normalized spacial score (nSPS) is 14.5. The molecule has 128 valence electrons. The Morgan fingerprint density at radius 3 is 2.64 bits per heavy atom. The summed E-state index contributed by atoms with van der Waals surface area (Å²) in [4.78, 5) is 15.4. The molecule has 1 aromatic carbocycles. The molecule has 0 atom stereocenters. The fourth-order valence-corrected chi connectivity index (χ4v) is 3.51. The highest BCUT2D eigenvalue weighted by Gasteiger charge is 2.20. The maximum atomic E-state index is 4.87. The number of rotatable bonds is 3. The van der Waals surface area contributed by atoms with Gasteiger partial charge in [0.15, 0.2) is 5.82 Å². The van der Waals surface area contributed by atoms with Crippen molar-refractivity contribution in [2.24, 2.45) is 0 Å². The van der Waals surface area contributed by atoms with Crippen LogP contribution in [-0.4, -0.2) is 26.4 Å². The Morgan fingerprint density at radius 2 is 1.92 bits per heavy atom. The number of aromatic amines is 1. The van der Waals surface area contributed by atoms with Crippen LogP contribution in [0.5, 0.6) is 0 Å². The van der Waals surface area contributed by atoms with Gasteiger partial charge in [-0.2, -0.15) is 0 Å². The Hall–Kier alpha value is -2.46. The van der Waals surface area contributed by atoms with Gasteiger partial charge in [-0.3, -0.25) is 4.90 Å². The van der Waals surface area contributed by atoms with Crippen LogP contribution in [0.4, 0.5) is 0 Å². The Labute approximate surface area is 149 Å². The molecule has 0 saturated heterocycles. The number of nitrogens with zero attached hydrogens (tertiary/aromatic N) is 3. The van der Waals surface area contributed by atoms with Gasteiger partial charge in [-0.1, -0.05) is 29.8 Å². The van der Waals surface area contributed by atoms with Gasteiger partial charge in [0.25, 0.3) is 0 Å². The first-order valence-corrected chi connectivity index (χ1v) is 8.88. The van der Waals surface area contributed by atoms with Crippen molar-refractivity contribution in [3.63, 3.8) is 0 Å². The van der Waals surface area contributed by atoms with E-state index in [1.807, 2.05) is 6.20 Å². The van der Waals surface area contributed by atoms with Crippen LogP contribution < -0.4 is 0 Å². The lowest BCUT2D eigenvalue weighted by Gasteiger charge is -2.27. The summed E-state index contributed by atoms with van der Waals surface area (Å²) in [6, 6.07) is 10.6. The third-order valence-electron chi connectivity index (χ3n) is 4.97. The van der Waals surface area contributed by atoms with Gasteiger partial charge in [-0.15, -0.1) is 0 Å². The van der Waals surface area contributed by atoms with Crippen LogP contribution >= 0.6 is 0 Å². The van der Waals surface area contributed by atoms with Crippen LogP contribution in [0.25, 0.3) is 11.4 Å². The van der Waals surface area contributed by atoms with Crippen molar-refractivity contribution >= 4 is 0 Å². The van der Waals surface area contributed by atoms with Crippen LogP contribution in [0.15, 0.2) is 36.5 Å². The zero-order chi connectivity index (χ0) is 17.4. The van der Waals surface area contributed by atoms with Crippen molar-refractivity contribution in [2.45, 2.75) is 40.3 Å². The summed E-state index contributed by atoms with van der Waals surface area (Å²) in [7, 11) is 0. The van der Waals surface area contributed by atoms with Crippen LogP contribution in [-0.2, 0) is 19.5 Å². The molecule has 1 aliphatic heterocycles. The Bertz CT molecular complexity index is 893. The Balaban J connectivity index is 1.56. The summed E-state index contributed by atoms with van der Waals surface area (Å²) in [6.45, 7) is 9.27. The molecule has 3 aromatic rings. The molecular formula is C21H24N4. The summed E-state index contributed by atoms with van der Waals surface area (Å²) in [6.07, 6.45) is 3.03. The molecule has 0 bridgehead atoms. The second-order valence-corrected chi connectivity index (χ2v) is 7.11. The minimum Gasteiger partial charge on any atom is -0.361 e. The number of hydrogen-bond donors (Lipinski definition) is 1. The van der Waals surface area contributed by atoms with Crippen molar-refractivity contribution in [2.75, 3.05) is 6.54 Å². The molecule has 4 rings (SSSR count). The van der Waals surface area contributed by atoms with Gasteiger partial charge in [0.05, 0.1) is 5.69 Å². The molecule has 0 saturated carbocycles. The summed E-state index contributed by atoms with van der Waals surface area (Å²) in [5.41, 5.74) is 8.67. The molecule has 1 aliphatic rings. The number of nitrogens with one attached hydrogen (secondary N) is 1. The fraction of sp³-hybridized carbons (Fsp3) is 0.333. The zero-order valence-electron chi connectivity index (χ0n) is 15.1. The molecule has 1 N–H and O–H groups in total. The average molecular weight is 332 g/mol. The summed E-state index contributed by atoms with van der Waals surface area (Å²) >= 11 is 0. The maximum Gasteiger partial charge on any atom is 0.159 e. The first kappa shape index (κ1) is 16.0. The van der Waals surface area contributed by atoms with Crippen molar-refractivity contribution in [1.29, 1.82) is 0 Å². The lowest BCUT2D eigenvalue weighted by Crippen LogP contribution is -2.31. The SMILES string of the molecule is Cc1ccc(-c2ncc3c(n2)CN(Cc2[nH]c(C)cc2C)CC3)cc1. The van der Waals surface area contributed by atoms with Gasteiger partial charge >= 0.3 is 0 Å². The monoisotopic (exact) mass is 332 g/mol. The van der Waals surface area contributed by atoms with E-state index in [0.717, 1.165) is 43.1 Å². The fourth-order valence-electron chi connectivity index (χ4n) is 3.51. The van der Waals surface area contributed by atoms with Crippen molar-refractivity contribution in [3.8, 4) is 11.4 Å². The van der Waals surface area contributed by atoms with E-state index >= 15 is 0 Å². The van der Waals surface area contributed by atoms with Gasteiger partial charge in [0.2, 0.25) is 0 Å². The smallest absolute Gasteiger partial charge is 0.159 e. The molecule has 0 spiro atoms. The molecule has 0 fully saturated rings. The third-order valence-corrected chi connectivity index (χ3v) is 4.97. The van der Waals surface area contributed by atoms with E-state index in [1.165, 1.54) is 28.1 Å². The number of aryl methyl sites for hydroxylation is 3. The number of fused-ring (bicyclic) bond motifs is 1. The predicted octanol–water partition coefficient (Wildman–Crippen LogP) is 3.96. The summed E-state index contributed by atoms with van der Waals surface area (Å²) in [5.74, 6) is 0.826. The first-order chi connectivity index (χ1) is 12.1. The van der Waals surface area contributed by atoms with Crippen molar-refractivity contribution in [3.05, 3.63) is 70.3 Å². The summed E-state index contributed by atoms with van der Waals surface area (Å²) < 4.78 is 0. The second-order valence-electron chi connectivity index (χ2n) is 7.11. The van der Waals surface area contributed by atoms with Crippen LogP contribution in [0, 0.1) is 20.8 Å². The van der Waals surface area contributed by atoms with Gasteiger partial charge in [0, 0.05) is 42.8 Å². The standard InChI is InChI=1S/C21H24N4/c1-14-4-6-17(7-5-14)21-22-11-18-8-9-25(13-20(18)24-21)12-19-15(2)10-16(3)23-19/h4-7,10-11,23H,8-9,12-13H2,1-3H3. The van der Waals surface area contributed by atoms with Crippen molar-refractivity contribution < 1.29 is 0 Å². The van der Waals surface area contributed by atoms with E-state index in [0.29, 0.717) is 0 Å². The highest BCUT2D eigenvalue weighted by molar-refractivity contribution is 5.55. The van der Waals surface area contributed by atoms with E-state index in [4.69, 9.17) is 4.98 Å². The highest BCUT2D eigenvalue weighted by Crippen LogP contribution is 2.23. The second kappa shape index (κ2) is 6.45. The largest absolute Gasteiger partial charge is 0.361 e. The zero-order valence-corrected chi connectivity index (χ0v) is 15.1. The topological polar surface area (TPSA) is 44.8 Å². The Morgan fingerprint density at radius 1 is 1.12 bits per heavy atom. The van der Waals surface area contributed by atoms with E-state index < -0.39 is 0 Å². The number of hydrogen-bond acceptors (Lipinski definition) is 3. The lowest BCUT2D eigenvalue weighted by atomic mass is 10.1. The molecule has 2 aromatic heterocycles. The van der Waals surface area contributed by atoms with Crippen molar-refractivity contribution in [1.82, 2.24) is 19.9 Å². The number of H-pyrrole nitrogens is 1. The van der Waals surface area contributed by atoms with Gasteiger partial charge in [-0.25, -0.2) is 9.97 Å². The summed E-state index contributed by atoms with van der Waals surface area (Å²) in [5, 5.41) is 0.